The zero-order valence-electron chi connectivity index (χ0n) is 17.0. The lowest BCUT2D eigenvalue weighted by Gasteiger charge is -2.39. The number of thiophene rings is 1. The van der Waals surface area contributed by atoms with Gasteiger partial charge >= 0.3 is 0 Å². The first-order valence-corrected chi connectivity index (χ1v) is 13.1. The van der Waals surface area contributed by atoms with Crippen LogP contribution in [0.25, 0.3) is 0 Å². The van der Waals surface area contributed by atoms with Gasteiger partial charge in [0, 0.05) is 17.9 Å². The maximum Gasteiger partial charge on any atom is 0.262 e. The number of aryl methyl sites for hydroxylation is 1. The van der Waals surface area contributed by atoms with Crippen LogP contribution in [-0.4, -0.2) is 62.9 Å². The number of carbonyl (C=O) groups excluding carboxylic acids is 3. The smallest absolute Gasteiger partial charge is 0.262 e. The molecule has 0 atom stereocenters. The summed E-state index contributed by atoms with van der Waals surface area (Å²) < 4.78 is 29.7. The minimum Gasteiger partial charge on any atom is -0.370 e. The molecule has 4 rings (SSSR count). The number of rotatable bonds is 5. The molecule has 2 aromatic rings. The van der Waals surface area contributed by atoms with Gasteiger partial charge in [0.1, 0.15) is 12.1 Å². The van der Waals surface area contributed by atoms with Gasteiger partial charge in [0.15, 0.2) is 9.84 Å². The lowest BCUT2D eigenvalue weighted by Crippen LogP contribution is -2.71. The van der Waals surface area contributed by atoms with Crippen LogP contribution in [0.4, 0.5) is 11.4 Å². The van der Waals surface area contributed by atoms with E-state index in [1.54, 1.807) is 35.2 Å². The molecule has 0 aliphatic carbocycles. The van der Waals surface area contributed by atoms with Crippen LogP contribution in [0.3, 0.4) is 0 Å². The molecule has 0 saturated carbocycles. The van der Waals surface area contributed by atoms with Crippen LogP contribution in [0, 0.1) is 6.92 Å². The number of amides is 3. The number of nitrogens with zero attached hydrogens (tertiary/aromatic N) is 1. The Kier molecular flexibility index (Phi) is 6.14. The Bertz CT molecular complexity index is 1200. The van der Waals surface area contributed by atoms with Crippen molar-refractivity contribution in [1.29, 1.82) is 0 Å². The van der Waals surface area contributed by atoms with Crippen molar-refractivity contribution in [2.24, 2.45) is 0 Å². The van der Waals surface area contributed by atoms with E-state index >= 15 is 0 Å². The van der Waals surface area contributed by atoms with E-state index in [-0.39, 0.29) is 12.5 Å². The van der Waals surface area contributed by atoms with Crippen LogP contribution < -0.4 is 15.5 Å². The molecule has 2 fully saturated rings. The number of hydrogen-bond acceptors (Lipinski definition) is 7. The number of carbonyl (C=O) groups is 3. The summed E-state index contributed by atoms with van der Waals surface area (Å²) in [5, 5.41) is 5.33. The van der Waals surface area contributed by atoms with Crippen LogP contribution >= 0.6 is 27.3 Å². The topological polar surface area (TPSA) is 122 Å². The summed E-state index contributed by atoms with van der Waals surface area (Å²) in [5.41, 5.74) is 0.377. The van der Waals surface area contributed by atoms with Crippen LogP contribution in [0.5, 0.6) is 0 Å². The molecular formula is C20H20BrN3O6S2. The Hall–Kier alpha value is -2.28. The van der Waals surface area contributed by atoms with Gasteiger partial charge in [-0.15, -0.1) is 11.3 Å². The van der Waals surface area contributed by atoms with E-state index < -0.39 is 38.7 Å². The molecule has 1 aromatic heterocycles. The molecule has 2 aliphatic heterocycles. The molecule has 170 valence electrons. The van der Waals surface area contributed by atoms with Crippen molar-refractivity contribution in [2.75, 3.05) is 41.5 Å². The van der Waals surface area contributed by atoms with Gasteiger partial charge in [0.2, 0.25) is 0 Å². The molecule has 0 bridgehead atoms. The number of halogens is 1. The molecule has 2 N–H and O–H groups in total. The molecule has 12 heteroatoms. The molecule has 3 heterocycles. The summed E-state index contributed by atoms with van der Waals surface area (Å²) >= 11 is 4.47. The number of anilines is 2. The molecule has 2 aliphatic rings. The number of ether oxygens (including phenoxy) is 1. The van der Waals surface area contributed by atoms with Crippen molar-refractivity contribution < 1.29 is 27.5 Å². The van der Waals surface area contributed by atoms with Crippen LogP contribution in [0.2, 0.25) is 0 Å². The molecule has 0 radical (unpaired) electrons. The van der Waals surface area contributed by atoms with Crippen LogP contribution in [-0.2, 0) is 24.2 Å². The molecule has 1 aromatic carbocycles. The lowest BCUT2D eigenvalue weighted by molar-refractivity contribution is -0.125. The highest BCUT2D eigenvalue weighted by atomic mass is 79.9. The van der Waals surface area contributed by atoms with Crippen molar-refractivity contribution in [3.05, 3.63) is 44.6 Å². The third kappa shape index (κ3) is 4.58. The predicted molar refractivity (Wildman–Crippen MR) is 124 cm³/mol. The van der Waals surface area contributed by atoms with Crippen molar-refractivity contribution in [1.82, 2.24) is 5.32 Å². The van der Waals surface area contributed by atoms with E-state index in [1.165, 1.54) is 11.3 Å². The highest BCUT2D eigenvalue weighted by molar-refractivity contribution is 9.11. The van der Waals surface area contributed by atoms with Crippen LogP contribution in [0.15, 0.2) is 34.1 Å². The Morgan fingerprint density at radius 3 is 2.56 bits per heavy atom. The minimum atomic E-state index is -3.42. The third-order valence-corrected chi connectivity index (χ3v) is 8.74. The number of morpholine rings is 1. The Morgan fingerprint density at radius 2 is 1.97 bits per heavy atom. The predicted octanol–water partition coefficient (Wildman–Crippen LogP) is 1.72. The summed E-state index contributed by atoms with van der Waals surface area (Å²) in [6.45, 7) is 2.72. The van der Waals surface area contributed by atoms with Gasteiger partial charge in [-0.3, -0.25) is 14.4 Å². The number of nitrogens with one attached hydrogen (secondary N) is 2. The van der Waals surface area contributed by atoms with E-state index in [1.807, 2.05) is 6.92 Å². The zero-order chi connectivity index (χ0) is 23.1. The van der Waals surface area contributed by atoms with E-state index in [0.717, 1.165) is 9.35 Å². The fourth-order valence-corrected chi connectivity index (χ4v) is 6.85. The first-order valence-electron chi connectivity index (χ1n) is 9.67. The second-order valence-corrected chi connectivity index (χ2v) is 12.3. The van der Waals surface area contributed by atoms with E-state index in [4.69, 9.17) is 4.74 Å². The average molecular weight is 542 g/mol. The summed E-state index contributed by atoms with van der Waals surface area (Å²) in [5.74, 6) is -2.20. The quantitative estimate of drug-likeness (QED) is 0.594. The highest BCUT2D eigenvalue weighted by Crippen LogP contribution is 2.30. The normalized spacial score (nSPS) is 19.2. The molecule has 2 saturated heterocycles. The van der Waals surface area contributed by atoms with Gasteiger partial charge in [-0.25, -0.2) is 8.42 Å². The number of benzene rings is 1. The summed E-state index contributed by atoms with van der Waals surface area (Å²) in [6.07, 6.45) is 0. The number of hydrogen-bond donors (Lipinski definition) is 2. The van der Waals surface area contributed by atoms with Gasteiger partial charge in [0.05, 0.1) is 26.8 Å². The minimum absolute atomic E-state index is 0.0232. The Balaban J connectivity index is 1.52. The molecule has 0 spiro atoms. The standard InChI is InChI=1S/C20H20BrN3O6S2/c1-12-8-13(2-3-14(12)24-6-7-30-9-17(24)25)22-19(27)20(10-32(28,29)11-20)23-18(26)15-4-5-16(21)31-15/h2-5,8H,6-7,9-11H2,1H3,(H,22,27)(H,23,26). The van der Waals surface area contributed by atoms with Crippen molar-refractivity contribution in [2.45, 2.75) is 12.5 Å². The monoisotopic (exact) mass is 541 g/mol. The number of sulfone groups is 1. The van der Waals surface area contributed by atoms with Gasteiger partial charge < -0.3 is 20.3 Å². The Morgan fingerprint density at radius 1 is 1.22 bits per heavy atom. The van der Waals surface area contributed by atoms with Gasteiger partial charge in [-0.1, -0.05) is 0 Å². The van der Waals surface area contributed by atoms with Gasteiger partial charge in [0.25, 0.3) is 17.7 Å². The molecule has 9 nitrogen and oxygen atoms in total. The van der Waals surface area contributed by atoms with E-state index in [9.17, 15) is 22.8 Å². The second-order valence-electron chi connectivity index (χ2n) is 7.73. The third-order valence-electron chi connectivity index (χ3n) is 5.25. The summed E-state index contributed by atoms with van der Waals surface area (Å²) in [4.78, 5) is 39.7. The van der Waals surface area contributed by atoms with Crippen LogP contribution in [0.1, 0.15) is 15.2 Å². The summed E-state index contributed by atoms with van der Waals surface area (Å²) in [7, 11) is -3.42. The van der Waals surface area contributed by atoms with Crippen molar-refractivity contribution >= 4 is 66.2 Å². The molecular weight excluding hydrogens is 522 g/mol. The molecule has 32 heavy (non-hydrogen) atoms. The van der Waals surface area contributed by atoms with Crippen molar-refractivity contribution in [3.8, 4) is 0 Å². The maximum atomic E-state index is 13.0. The van der Waals surface area contributed by atoms with Crippen molar-refractivity contribution in [3.63, 3.8) is 0 Å². The zero-order valence-corrected chi connectivity index (χ0v) is 20.2. The fraction of sp³-hybridized carbons (Fsp3) is 0.350. The highest BCUT2D eigenvalue weighted by Gasteiger charge is 2.55. The summed E-state index contributed by atoms with van der Waals surface area (Å²) in [6, 6.07) is 8.36. The fourth-order valence-electron chi connectivity index (χ4n) is 3.74. The van der Waals surface area contributed by atoms with Gasteiger partial charge in [-0.05, 0) is 58.7 Å². The van der Waals surface area contributed by atoms with Gasteiger partial charge in [-0.2, -0.15) is 0 Å². The maximum absolute atomic E-state index is 13.0. The van der Waals surface area contributed by atoms with E-state index in [0.29, 0.717) is 29.4 Å². The first-order chi connectivity index (χ1) is 15.1. The molecule has 0 unspecified atom stereocenters. The largest absolute Gasteiger partial charge is 0.370 e. The Labute approximate surface area is 197 Å². The SMILES string of the molecule is Cc1cc(NC(=O)C2(NC(=O)c3ccc(Br)s3)CS(=O)(=O)C2)ccc1N1CCOCC1=O. The first kappa shape index (κ1) is 22.9. The lowest BCUT2D eigenvalue weighted by atomic mass is 10.0. The average Bonchev–Trinajstić information content (AvgIpc) is 3.14. The second kappa shape index (κ2) is 8.58. The van der Waals surface area contributed by atoms with E-state index in [2.05, 4.69) is 26.6 Å². The molecule has 3 amide bonds.